The zero-order valence-corrected chi connectivity index (χ0v) is 25.1. The van der Waals surface area contributed by atoms with Gasteiger partial charge in [-0.2, -0.15) is 0 Å². The van der Waals surface area contributed by atoms with Crippen molar-refractivity contribution in [2.45, 2.75) is 94.2 Å². The predicted molar refractivity (Wildman–Crippen MR) is 151 cm³/mol. The Morgan fingerprint density at radius 2 is 1.51 bits per heavy atom. The van der Waals surface area contributed by atoms with Gasteiger partial charge in [-0.25, -0.2) is 0 Å². The van der Waals surface area contributed by atoms with E-state index in [-0.39, 0.29) is 16.2 Å². The average molecular weight is 491 g/mol. The predicted octanol–water partition coefficient (Wildman–Crippen LogP) is 5.84. The molecule has 1 heterocycles. The standard InChI is InChI=1S/C30H58N4O/c1-22(23(2)20-32-24(3)29(9,10)27(4,5)6)19-26(25-13-14-25)34-17-15-33(16-18-34)21-28(7,8)30(11,31)35-12/h22-23,32H,3,13-21,31H2,1-2,4-12H3. The third kappa shape index (κ3) is 7.49. The molecular weight excluding hydrogens is 432 g/mol. The van der Waals surface area contributed by atoms with E-state index in [9.17, 15) is 0 Å². The fourth-order valence-corrected chi connectivity index (χ4v) is 4.68. The van der Waals surface area contributed by atoms with Gasteiger partial charge >= 0.3 is 0 Å². The molecule has 1 saturated carbocycles. The highest BCUT2D eigenvalue weighted by molar-refractivity contribution is 5.25. The minimum atomic E-state index is -0.627. The normalized spacial score (nSPS) is 21.4. The molecule has 5 nitrogen and oxygen atoms in total. The summed E-state index contributed by atoms with van der Waals surface area (Å²) in [6.45, 7) is 33.5. The van der Waals surface area contributed by atoms with Gasteiger partial charge in [-0.05, 0) is 43.4 Å². The summed E-state index contributed by atoms with van der Waals surface area (Å²) >= 11 is 0. The zero-order chi connectivity index (χ0) is 26.8. The maximum absolute atomic E-state index is 6.43. The van der Waals surface area contributed by atoms with Crippen molar-refractivity contribution in [1.29, 1.82) is 0 Å². The van der Waals surface area contributed by atoms with Gasteiger partial charge in [0.25, 0.3) is 0 Å². The minimum absolute atomic E-state index is 0.0515. The number of rotatable bonds is 12. The second-order valence-electron chi connectivity index (χ2n) is 13.9. The molecule has 1 aliphatic heterocycles. The Morgan fingerprint density at radius 3 is 1.97 bits per heavy atom. The fourth-order valence-electron chi connectivity index (χ4n) is 4.68. The molecule has 0 aromatic rings. The lowest BCUT2D eigenvalue weighted by molar-refractivity contribution is -0.0950. The van der Waals surface area contributed by atoms with E-state index in [1.54, 1.807) is 18.4 Å². The second-order valence-corrected chi connectivity index (χ2v) is 13.9. The van der Waals surface area contributed by atoms with Gasteiger partial charge in [0.15, 0.2) is 0 Å². The monoisotopic (exact) mass is 490 g/mol. The van der Waals surface area contributed by atoms with Crippen LogP contribution < -0.4 is 11.1 Å². The van der Waals surface area contributed by atoms with E-state index >= 15 is 0 Å². The van der Waals surface area contributed by atoms with Crippen LogP contribution in [0, 0.1) is 28.1 Å². The average Bonchev–Trinajstić information content (AvgIpc) is 3.60. The largest absolute Gasteiger partial charge is 0.388 e. The molecule has 3 unspecified atom stereocenters. The van der Waals surface area contributed by atoms with Crippen molar-refractivity contribution in [3.05, 3.63) is 23.5 Å². The molecular formula is C30H58N4O. The van der Waals surface area contributed by atoms with E-state index < -0.39 is 5.72 Å². The lowest BCUT2D eigenvalue weighted by Gasteiger charge is -2.46. The third-order valence-electron chi connectivity index (χ3n) is 9.80. The van der Waals surface area contributed by atoms with Crippen LogP contribution in [0.1, 0.15) is 88.5 Å². The molecule has 0 amide bonds. The van der Waals surface area contributed by atoms with Gasteiger partial charge < -0.3 is 20.7 Å². The van der Waals surface area contributed by atoms with Gasteiger partial charge in [-0.15, -0.1) is 0 Å². The van der Waals surface area contributed by atoms with Crippen molar-refractivity contribution in [3.8, 4) is 0 Å². The Kier molecular flexibility index (Phi) is 9.61. The van der Waals surface area contributed by atoms with Crippen LogP contribution in [-0.4, -0.2) is 61.9 Å². The molecule has 0 spiro atoms. The maximum Gasteiger partial charge on any atom is 0.119 e. The van der Waals surface area contributed by atoms with Crippen LogP contribution in [0.5, 0.6) is 0 Å². The lowest BCUT2D eigenvalue weighted by Crippen LogP contribution is -2.58. The number of allylic oxidation sites excluding steroid dienone is 3. The molecule has 204 valence electrons. The fraction of sp³-hybridized carbons (Fsp3) is 0.867. The Hall–Kier alpha value is -1.04. The maximum atomic E-state index is 6.43. The van der Waals surface area contributed by atoms with Crippen LogP contribution in [0.4, 0.5) is 0 Å². The van der Waals surface area contributed by atoms with Gasteiger partial charge in [0.2, 0.25) is 0 Å². The first-order chi connectivity index (χ1) is 15.9. The molecule has 35 heavy (non-hydrogen) atoms. The Labute approximate surface area is 217 Å². The van der Waals surface area contributed by atoms with Crippen LogP contribution in [0.2, 0.25) is 0 Å². The number of piperazine rings is 1. The number of methoxy groups -OCH3 is 1. The smallest absolute Gasteiger partial charge is 0.119 e. The van der Waals surface area contributed by atoms with E-state index in [0.29, 0.717) is 11.8 Å². The van der Waals surface area contributed by atoms with Crippen LogP contribution in [-0.2, 0) is 4.74 Å². The van der Waals surface area contributed by atoms with E-state index in [4.69, 9.17) is 10.5 Å². The Balaban J connectivity index is 1.90. The molecule has 0 aromatic heterocycles. The third-order valence-corrected chi connectivity index (χ3v) is 9.80. The van der Waals surface area contributed by atoms with Gasteiger partial charge in [0.05, 0.1) is 0 Å². The lowest BCUT2D eigenvalue weighted by atomic mass is 9.67. The first-order valence-corrected chi connectivity index (χ1v) is 13.9. The van der Waals surface area contributed by atoms with E-state index in [1.807, 2.05) is 6.92 Å². The van der Waals surface area contributed by atoms with Crippen molar-refractivity contribution >= 4 is 0 Å². The molecule has 2 fully saturated rings. The summed E-state index contributed by atoms with van der Waals surface area (Å²) in [5.74, 6) is 1.22. The van der Waals surface area contributed by atoms with Crippen molar-refractivity contribution in [2.24, 2.45) is 33.8 Å². The molecule has 0 radical (unpaired) electrons. The summed E-state index contributed by atoms with van der Waals surface area (Å²) in [4.78, 5) is 5.25. The van der Waals surface area contributed by atoms with Gasteiger partial charge in [0, 0.05) is 68.6 Å². The SMILES string of the molecule is C=C(NCC(C)C(C)CC(=C1CC1)N1CCN(CC(C)(C)C(C)(N)OC)CC1)C(C)(C)C(C)(C)C. The Bertz CT molecular complexity index is 745. The number of hydrogen-bond acceptors (Lipinski definition) is 5. The molecule has 1 aliphatic carbocycles. The van der Waals surface area contributed by atoms with Crippen LogP contribution in [0.15, 0.2) is 23.5 Å². The molecule has 3 atom stereocenters. The van der Waals surface area contributed by atoms with Crippen molar-refractivity contribution in [1.82, 2.24) is 15.1 Å². The highest BCUT2D eigenvalue weighted by Gasteiger charge is 2.40. The molecule has 2 aliphatic rings. The summed E-state index contributed by atoms with van der Waals surface area (Å²) in [5, 5.41) is 3.70. The van der Waals surface area contributed by atoms with Gasteiger partial charge in [-0.3, -0.25) is 4.90 Å². The van der Waals surface area contributed by atoms with E-state index in [0.717, 1.165) is 45.0 Å². The van der Waals surface area contributed by atoms with Crippen molar-refractivity contribution < 1.29 is 4.74 Å². The highest BCUT2D eigenvalue weighted by atomic mass is 16.5. The molecule has 0 bridgehead atoms. The summed E-state index contributed by atoms with van der Waals surface area (Å²) in [5.41, 5.74) is 10.4. The van der Waals surface area contributed by atoms with Gasteiger partial charge in [0.1, 0.15) is 5.72 Å². The minimum Gasteiger partial charge on any atom is -0.388 e. The molecule has 2 rings (SSSR count). The first-order valence-electron chi connectivity index (χ1n) is 13.9. The van der Waals surface area contributed by atoms with Gasteiger partial charge in [-0.1, -0.05) is 74.5 Å². The summed E-state index contributed by atoms with van der Waals surface area (Å²) < 4.78 is 5.60. The highest BCUT2D eigenvalue weighted by Crippen LogP contribution is 2.42. The van der Waals surface area contributed by atoms with Crippen LogP contribution in [0.3, 0.4) is 0 Å². The Morgan fingerprint density at radius 1 is 0.971 bits per heavy atom. The zero-order valence-electron chi connectivity index (χ0n) is 25.1. The number of nitrogens with one attached hydrogen (secondary N) is 1. The molecule has 5 heteroatoms. The van der Waals surface area contributed by atoms with Crippen molar-refractivity contribution in [2.75, 3.05) is 46.4 Å². The van der Waals surface area contributed by atoms with Crippen LogP contribution >= 0.6 is 0 Å². The quantitative estimate of drug-likeness (QED) is 0.337. The number of hydrogen-bond donors (Lipinski definition) is 2. The second kappa shape index (κ2) is 11.1. The first kappa shape index (κ1) is 30.2. The summed E-state index contributed by atoms with van der Waals surface area (Å²) in [6, 6.07) is 0. The summed E-state index contributed by atoms with van der Waals surface area (Å²) in [6.07, 6.45) is 3.76. The van der Waals surface area contributed by atoms with Crippen molar-refractivity contribution in [3.63, 3.8) is 0 Å². The molecule has 0 aromatic carbocycles. The topological polar surface area (TPSA) is 53.8 Å². The summed E-state index contributed by atoms with van der Waals surface area (Å²) in [7, 11) is 1.72. The number of nitrogens with zero attached hydrogens (tertiary/aromatic N) is 2. The molecule has 3 N–H and O–H groups in total. The molecule has 1 saturated heterocycles. The number of nitrogens with two attached hydrogens (primary N) is 1. The van der Waals surface area contributed by atoms with E-state index in [2.05, 4.69) is 84.0 Å². The van der Waals surface area contributed by atoms with Crippen LogP contribution in [0.25, 0.3) is 0 Å². The van der Waals surface area contributed by atoms with E-state index in [1.165, 1.54) is 19.3 Å². The number of ether oxygens (including phenoxy) is 1.